The second kappa shape index (κ2) is 11.8. The van der Waals surface area contributed by atoms with Gasteiger partial charge >= 0.3 is 0 Å². The Labute approximate surface area is 338 Å². The van der Waals surface area contributed by atoms with Crippen LogP contribution in [0.15, 0.2) is 180 Å². The topological polar surface area (TPSA) is 16.4 Å². The molecule has 1 heterocycles. The summed E-state index contributed by atoms with van der Waals surface area (Å²) in [6.45, 7) is 9.50. The summed E-state index contributed by atoms with van der Waals surface area (Å²) in [6, 6.07) is 65.2. The van der Waals surface area contributed by atoms with E-state index in [4.69, 9.17) is 4.42 Å². The highest BCUT2D eigenvalue weighted by atomic mass is 16.3. The van der Waals surface area contributed by atoms with E-state index in [9.17, 15) is 0 Å². The van der Waals surface area contributed by atoms with Gasteiger partial charge in [-0.3, -0.25) is 0 Å². The molecule has 2 heteroatoms. The predicted octanol–water partition coefficient (Wildman–Crippen LogP) is 15.6. The van der Waals surface area contributed by atoms with Crippen LogP contribution < -0.4 is 4.90 Å². The van der Waals surface area contributed by atoms with Crippen molar-refractivity contribution in [1.82, 2.24) is 0 Å². The molecule has 2 aliphatic rings. The van der Waals surface area contributed by atoms with E-state index in [2.05, 4.69) is 202 Å². The SMILES string of the molecule is CC1(C)c2cc3ccccc3cc2-c2cc3ccc(N(c4ccc(-c5ccccc5)cc4)c4ccc5c(c4)C(C)(C)c4cc6c(cc4-5)oc4ccccc46)cc3cc21. The van der Waals surface area contributed by atoms with Gasteiger partial charge in [0.15, 0.2) is 0 Å². The zero-order valence-corrected chi connectivity index (χ0v) is 33.1. The summed E-state index contributed by atoms with van der Waals surface area (Å²) in [4.78, 5) is 2.44. The van der Waals surface area contributed by atoms with Crippen molar-refractivity contribution in [2.75, 3.05) is 4.90 Å². The summed E-state index contributed by atoms with van der Waals surface area (Å²) in [7, 11) is 0. The summed E-state index contributed by atoms with van der Waals surface area (Å²) in [5.74, 6) is 0. The number of para-hydroxylation sites is 1. The Morgan fingerprint density at radius 1 is 0.345 bits per heavy atom. The molecule has 0 atom stereocenters. The van der Waals surface area contributed by atoms with E-state index in [0.29, 0.717) is 0 Å². The average Bonchev–Trinajstić information content (AvgIpc) is 3.80. The number of fused-ring (bicyclic) bond motifs is 11. The quantitative estimate of drug-likeness (QED) is 0.178. The first-order valence-electron chi connectivity index (χ1n) is 20.4. The Morgan fingerprint density at radius 2 is 0.879 bits per heavy atom. The van der Waals surface area contributed by atoms with Gasteiger partial charge in [-0.15, -0.1) is 0 Å². The molecule has 0 saturated carbocycles. The highest BCUT2D eigenvalue weighted by Crippen LogP contribution is 2.54. The molecule has 0 N–H and O–H groups in total. The maximum Gasteiger partial charge on any atom is 0.136 e. The number of rotatable bonds is 4. The summed E-state index contributed by atoms with van der Waals surface area (Å²) in [5.41, 5.74) is 18.1. The summed E-state index contributed by atoms with van der Waals surface area (Å²) in [5, 5.41) is 7.43. The number of anilines is 3. The maximum absolute atomic E-state index is 6.38. The fourth-order valence-corrected chi connectivity index (χ4v) is 10.2. The van der Waals surface area contributed by atoms with Crippen molar-refractivity contribution in [2.24, 2.45) is 0 Å². The van der Waals surface area contributed by atoms with Gasteiger partial charge in [-0.05, 0) is 156 Å². The Bertz CT molecular complexity index is 3330. The summed E-state index contributed by atoms with van der Waals surface area (Å²) < 4.78 is 6.38. The van der Waals surface area contributed by atoms with Crippen molar-refractivity contribution in [3.8, 4) is 33.4 Å². The van der Waals surface area contributed by atoms with Crippen molar-refractivity contribution < 1.29 is 4.42 Å². The molecule has 2 aliphatic carbocycles. The van der Waals surface area contributed by atoms with Gasteiger partial charge < -0.3 is 9.32 Å². The molecule has 276 valence electrons. The van der Waals surface area contributed by atoms with E-state index >= 15 is 0 Å². The minimum atomic E-state index is -0.203. The van der Waals surface area contributed by atoms with Gasteiger partial charge in [0.2, 0.25) is 0 Å². The normalized spacial score (nSPS) is 14.5. The first-order chi connectivity index (χ1) is 28.2. The summed E-state index contributed by atoms with van der Waals surface area (Å²) >= 11 is 0. The van der Waals surface area contributed by atoms with Crippen LogP contribution in [0.3, 0.4) is 0 Å². The maximum atomic E-state index is 6.38. The molecule has 9 aromatic carbocycles. The zero-order chi connectivity index (χ0) is 38.9. The molecule has 0 aliphatic heterocycles. The van der Waals surface area contributed by atoms with Crippen molar-refractivity contribution >= 4 is 60.5 Å². The van der Waals surface area contributed by atoms with E-state index < -0.39 is 0 Å². The van der Waals surface area contributed by atoms with Crippen molar-refractivity contribution in [3.05, 3.63) is 198 Å². The van der Waals surface area contributed by atoms with Gasteiger partial charge in [-0.2, -0.15) is 0 Å². The van der Waals surface area contributed by atoms with Crippen LogP contribution in [0.2, 0.25) is 0 Å². The van der Waals surface area contributed by atoms with Crippen molar-refractivity contribution in [1.29, 1.82) is 0 Å². The van der Waals surface area contributed by atoms with Crippen LogP contribution in [0, 0.1) is 0 Å². The van der Waals surface area contributed by atoms with Crippen LogP contribution in [-0.4, -0.2) is 0 Å². The standard InChI is InChI=1S/C56H41NO/c1-55(2)49-29-37-15-9-8-14-36(37)27-45(49)46-28-38-20-23-41(26-39(38)30-50(46)55)57(40-21-18-35(19-22-40)34-12-6-5-7-13-34)42-24-25-43-47-33-54-48(44-16-10-11-17-53(44)58-54)32-52(47)56(3,4)51(43)31-42/h5-33H,1-4H3. The third kappa shape index (κ3) is 4.72. The Morgan fingerprint density at radius 3 is 1.64 bits per heavy atom. The minimum Gasteiger partial charge on any atom is -0.456 e. The van der Waals surface area contributed by atoms with Crippen LogP contribution in [0.5, 0.6) is 0 Å². The van der Waals surface area contributed by atoms with E-state index in [0.717, 1.165) is 28.2 Å². The van der Waals surface area contributed by atoms with Gasteiger partial charge in [-0.1, -0.05) is 125 Å². The van der Waals surface area contributed by atoms with E-state index in [1.807, 2.05) is 6.07 Å². The average molecular weight is 744 g/mol. The lowest BCUT2D eigenvalue weighted by molar-refractivity contribution is 0.658. The van der Waals surface area contributed by atoms with Gasteiger partial charge in [0.25, 0.3) is 0 Å². The third-order valence-electron chi connectivity index (χ3n) is 13.4. The van der Waals surface area contributed by atoms with E-state index in [-0.39, 0.29) is 10.8 Å². The van der Waals surface area contributed by atoms with Crippen molar-refractivity contribution in [2.45, 2.75) is 38.5 Å². The number of hydrogen-bond acceptors (Lipinski definition) is 2. The number of furan rings is 1. The van der Waals surface area contributed by atoms with E-state index in [1.165, 1.54) is 88.0 Å². The number of hydrogen-bond donors (Lipinski definition) is 0. The lowest BCUT2D eigenvalue weighted by atomic mass is 9.81. The van der Waals surface area contributed by atoms with Crippen LogP contribution >= 0.6 is 0 Å². The smallest absolute Gasteiger partial charge is 0.136 e. The van der Waals surface area contributed by atoms with Gasteiger partial charge in [0.1, 0.15) is 11.2 Å². The Hall–Kier alpha value is -6.90. The molecular weight excluding hydrogens is 703 g/mol. The molecule has 0 radical (unpaired) electrons. The van der Waals surface area contributed by atoms with Gasteiger partial charge in [-0.25, -0.2) is 0 Å². The highest BCUT2D eigenvalue weighted by molar-refractivity contribution is 6.08. The lowest BCUT2D eigenvalue weighted by Crippen LogP contribution is -2.16. The molecule has 2 nitrogen and oxygen atoms in total. The lowest BCUT2D eigenvalue weighted by Gasteiger charge is -2.29. The molecule has 0 unspecified atom stereocenters. The molecule has 0 bridgehead atoms. The monoisotopic (exact) mass is 743 g/mol. The molecule has 0 saturated heterocycles. The summed E-state index contributed by atoms with van der Waals surface area (Å²) in [6.07, 6.45) is 0. The molecule has 10 aromatic rings. The molecule has 0 amide bonds. The fraction of sp³-hybridized carbons (Fsp3) is 0.107. The van der Waals surface area contributed by atoms with Gasteiger partial charge in [0.05, 0.1) is 0 Å². The van der Waals surface area contributed by atoms with Crippen LogP contribution in [0.4, 0.5) is 17.1 Å². The molecule has 0 spiro atoms. The number of benzene rings is 9. The molecular formula is C56H41NO. The largest absolute Gasteiger partial charge is 0.456 e. The highest BCUT2D eigenvalue weighted by Gasteiger charge is 2.38. The van der Waals surface area contributed by atoms with Crippen LogP contribution in [0.25, 0.3) is 76.9 Å². The zero-order valence-electron chi connectivity index (χ0n) is 33.1. The van der Waals surface area contributed by atoms with Gasteiger partial charge in [0, 0.05) is 38.7 Å². The second-order valence-corrected chi connectivity index (χ2v) is 17.4. The Balaban J connectivity index is 1.01. The molecule has 0 fully saturated rings. The molecule has 58 heavy (non-hydrogen) atoms. The van der Waals surface area contributed by atoms with E-state index in [1.54, 1.807) is 0 Å². The first kappa shape index (κ1) is 33.3. The first-order valence-corrected chi connectivity index (χ1v) is 20.4. The van der Waals surface area contributed by atoms with Crippen LogP contribution in [0.1, 0.15) is 49.9 Å². The molecule has 1 aromatic heterocycles. The third-order valence-corrected chi connectivity index (χ3v) is 13.4. The molecule has 12 rings (SSSR count). The van der Waals surface area contributed by atoms with Crippen molar-refractivity contribution in [3.63, 3.8) is 0 Å². The predicted molar refractivity (Wildman–Crippen MR) is 244 cm³/mol. The fourth-order valence-electron chi connectivity index (χ4n) is 10.2. The van der Waals surface area contributed by atoms with Crippen LogP contribution in [-0.2, 0) is 10.8 Å². The second-order valence-electron chi connectivity index (χ2n) is 17.4. The minimum absolute atomic E-state index is 0.111. The Kier molecular flexibility index (Phi) is 6.78. The number of nitrogens with zero attached hydrogens (tertiary/aromatic N) is 1.